The lowest BCUT2D eigenvalue weighted by Crippen LogP contribution is -2.40. The summed E-state index contributed by atoms with van der Waals surface area (Å²) in [5.41, 5.74) is 0.680. The van der Waals surface area contributed by atoms with E-state index < -0.39 is 5.97 Å². The van der Waals surface area contributed by atoms with Crippen LogP contribution in [0, 0.1) is 0 Å². The Morgan fingerprint density at radius 1 is 1.23 bits per heavy atom. The summed E-state index contributed by atoms with van der Waals surface area (Å²) in [5, 5.41) is 3.68. The Balaban J connectivity index is 1.56. The van der Waals surface area contributed by atoms with Gasteiger partial charge in [-0.15, -0.1) is 0 Å². The van der Waals surface area contributed by atoms with Crippen LogP contribution in [0.1, 0.15) is 30.2 Å². The maximum atomic E-state index is 12.3. The predicted molar refractivity (Wildman–Crippen MR) is 115 cm³/mol. The highest BCUT2D eigenvalue weighted by Gasteiger charge is 2.16. The van der Waals surface area contributed by atoms with Gasteiger partial charge in [-0.1, -0.05) is 11.8 Å². The molecule has 158 valence electrons. The van der Waals surface area contributed by atoms with Crippen molar-refractivity contribution in [3.63, 3.8) is 0 Å². The first kappa shape index (κ1) is 21.5. The third-order valence-electron chi connectivity index (χ3n) is 4.13. The normalized spacial score (nSPS) is 10.8. The molecule has 0 aliphatic rings. The van der Waals surface area contributed by atoms with Crippen LogP contribution in [-0.2, 0) is 12.8 Å². The molecular weight excluding hydrogens is 404 g/mol. The molecule has 0 bridgehead atoms. The molecule has 2 heterocycles. The fraction of sp³-hybridized carbons (Fsp3) is 0.286. The molecule has 1 N–H and O–H groups in total. The molecule has 9 heteroatoms. The first-order valence-electron chi connectivity index (χ1n) is 9.39. The number of anilines is 1. The molecule has 0 saturated heterocycles. The number of amides is 2. The molecule has 30 heavy (non-hydrogen) atoms. The first-order valence-corrected chi connectivity index (χ1v) is 10.4. The summed E-state index contributed by atoms with van der Waals surface area (Å²) in [4.78, 5) is 30.1. The molecule has 1 aromatic carbocycles. The molecule has 0 aliphatic carbocycles. The quantitative estimate of drug-likeness (QED) is 0.346. The number of thioether (sulfide) groups is 1. The summed E-state index contributed by atoms with van der Waals surface area (Å²) in [7, 11) is 3.59. The Bertz CT molecular complexity index is 1010. The summed E-state index contributed by atoms with van der Waals surface area (Å²) in [6.07, 6.45) is 3.60. The van der Waals surface area contributed by atoms with E-state index in [9.17, 15) is 9.59 Å². The Labute approximate surface area is 179 Å². The molecule has 3 rings (SSSR count). The zero-order chi connectivity index (χ0) is 21.7. The van der Waals surface area contributed by atoms with E-state index in [1.807, 2.05) is 31.7 Å². The Kier molecular flexibility index (Phi) is 6.83. The smallest absolute Gasteiger partial charge is 0.379 e. The summed E-state index contributed by atoms with van der Waals surface area (Å²) >= 11 is 1.51. The van der Waals surface area contributed by atoms with Gasteiger partial charge < -0.3 is 19.0 Å². The standard InChI is InChI=1S/C21H24N4O4S/c1-14(2)23-20(27)25(4)15-5-7-16(8-6-15)29-19(26)18-10-9-17(28-18)13-30-21-22-11-12-24(21)3/h5-12,14H,13H2,1-4H3,(H,23,27). The van der Waals surface area contributed by atoms with Gasteiger partial charge in [0.2, 0.25) is 5.76 Å². The van der Waals surface area contributed by atoms with Crippen LogP contribution in [0.2, 0.25) is 0 Å². The number of nitrogens with zero attached hydrogens (tertiary/aromatic N) is 3. The number of imidazole rings is 1. The number of rotatable bonds is 7. The largest absolute Gasteiger partial charge is 0.453 e. The number of aromatic nitrogens is 2. The van der Waals surface area contributed by atoms with Gasteiger partial charge in [0.05, 0.1) is 5.75 Å². The number of aryl methyl sites for hydroxylation is 1. The second kappa shape index (κ2) is 9.53. The van der Waals surface area contributed by atoms with Crippen LogP contribution in [0.15, 0.2) is 58.4 Å². The number of nitrogens with one attached hydrogen (secondary N) is 1. The fourth-order valence-corrected chi connectivity index (χ4v) is 3.37. The number of carbonyl (C=O) groups excluding carboxylic acids is 2. The lowest BCUT2D eigenvalue weighted by Gasteiger charge is -2.19. The van der Waals surface area contributed by atoms with E-state index in [4.69, 9.17) is 9.15 Å². The number of furan rings is 1. The van der Waals surface area contributed by atoms with Crippen molar-refractivity contribution in [3.05, 3.63) is 60.3 Å². The first-order chi connectivity index (χ1) is 14.3. The molecule has 0 atom stereocenters. The van der Waals surface area contributed by atoms with Crippen LogP contribution in [-0.4, -0.2) is 34.6 Å². The Morgan fingerprint density at radius 3 is 2.60 bits per heavy atom. The van der Waals surface area contributed by atoms with Gasteiger partial charge in [-0.05, 0) is 50.2 Å². The second-order valence-electron chi connectivity index (χ2n) is 6.92. The zero-order valence-electron chi connectivity index (χ0n) is 17.3. The fourth-order valence-electron chi connectivity index (χ4n) is 2.55. The maximum Gasteiger partial charge on any atom is 0.379 e. The molecule has 2 amide bonds. The highest BCUT2D eigenvalue weighted by Crippen LogP contribution is 2.23. The highest BCUT2D eigenvalue weighted by molar-refractivity contribution is 7.98. The SMILES string of the molecule is CC(C)NC(=O)N(C)c1ccc(OC(=O)c2ccc(CSc3nccn3C)o2)cc1. The minimum absolute atomic E-state index is 0.0421. The number of urea groups is 1. The van der Waals surface area contributed by atoms with Crippen LogP contribution in [0.3, 0.4) is 0 Å². The molecule has 0 saturated carbocycles. The van der Waals surface area contributed by atoms with E-state index in [1.165, 1.54) is 16.7 Å². The molecule has 0 spiro atoms. The van der Waals surface area contributed by atoms with Gasteiger partial charge in [0.15, 0.2) is 5.16 Å². The van der Waals surface area contributed by atoms with Crippen LogP contribution >= 0.6 is 11.8 Å². The van der Waals surface area contributed by atoms with E-state index in [-0.39, 0.29) is 17.8 Å². The molecule has 0 unspecified atom stereocenters. The molecule has 0 radical (unpaired) electrons. The van der Waals surface area contributed by atoms with E-state index in [1.54, 1.807) is 49.6 Å². The van der Waals surface area contributed by atoms with Crippen LogP contribution in [0.4, 0.5) is 10.5 Å². The van der Waals surface area contributed by atoms with E-state index in [0.29, 0.717) is 22.9 Å². The van der Waals surface area contributed by atoms with Crippen molar-refractivity contribution in [2.75, 3.05) is 11.9 Å². The summed E-state index contributed by atoms with van der Waals surface area (Å²) < 4.78 is 12.9. The Hall–Kier alpha value is -3.20. The van der Waals surface area contributed by atoms with Crippen molar-refractivity contribution in [2.24, 2.45) is 7.05 Å². The van der Waals surface area contributed by atoms with Gasteiger partial charge in [0, 0.05) is 38.2 Å². The number of hydrogen-bond acceptors (Lipinski definition) is 6. The topological polar surface area (TPSA) is 89.6 Å². The molecule has 8 nitrogen and oxygen atoms in total. The second-order valence-corrected chi connectivity index (χ2v) is 7.86. The van der Waals surface area contributed by atoms with Gasteiger partial charge in [0.25, 0.3) is 0 Å². The molecular formula is C21H24N4O4S. The van der Waals surface area contributed by atoms with Crippen molar-refractivity contribution in [1.82, 2.24) is 14.9 Å². The number of benzene rings is 1. The third-order valence-corrected chi connectivity index (χ3v) is 5.22. The van der Waals surface area contributed by atoms with Gasteiger partial charge in [-0.2, -0.15) is 0 Å². The lowest BCUT2D eigenvalue weighted by atomic mass is 10.3. The molecule has 2 aromatic heterocycles. The van der Waals surface area contributed by atoms with E-state index in [0.717, 1.165) is 5.16 Å². The zero-order valence-corrected chi connectivity index (χ0v) is 18.1. The molecule has 0 fully saturated rings. The number of ether oxygens (including phenoxy) is 1. The molecule has 0 aliphatic heterocycles. The summed E-state index contributed by atoms with van der Waals surface area (Å²) in [5.74, 6) is 1.12. The van der Waals surface area contributed by atoms with Crippen LogP contribution in [0.25, 0.3) is 0 Å². The Morgan fingerprint density at radius 2 is 1.97 bits per heavy atom. The maximum absolute atomic E-state index is 12.3. The van der Waals surface area contributed by atoms with Crippen molar-refractivity contribution < 1.29 is 18.7 Å². The highest BCUT2D eigenvalue weighted by atomic mass is 32.2. The van der Waals surface area contributed by atoms with E-state index in [2.05, 4.69) is 10.3 Å². The average Bonchev–Trinajstić information content (AvgIpc) is 3.34. The van der Waals surface area contributed by atoms with Gasteiger partial charge in [-0.25, -0.2) is 14.6 Å². The predicted octanol–water partition coefficient (Wildman–Crippen LogP) is 4.08. The van der Waals surface area contributed by atoms with Crippen molar-refractivity contribution in [2.45, 2.75) is 30.8 Å². The van der Waals surface area contributed by atoms with Crippen LogP contribution < -0.4 is 15.0 Å². The number of esters is 1. The minimum Gasteiger partial charge on any atom is -0.453 e. The van der Waals surface area contributed by atoms with Gasteiger partial charge in [0.1, 0.15) is 11.5 Å². The average molecular weight is 429 g/mol. The van der Waals surface area contributed by atoms with Crippen molar-refractivity contribution >= 4 is 29.4 Å². The summed E-state index contributed by atoms with van der Waals surface area (Å²) in [6, 6.07) is 9.86. The lowest BCUT2D eigenvalue weighted by molar-refractivity contribution is 0.0700. The third kappa shape index (κ3) is 5.44. The van der Waals surface area contributed by atoms with E-state index >= 15 is 0 Å². The monoisotopic (exact) mass is 428 g/mol. The summed E-state index contributed by atoms with van der Waals surface area (Å²) in [6.45, 7) is 3.79. The van der Waals surface area contributed by atoms with Crippen molar-refractivity contribution in [3.8, 4) is 5.75 Å². The number of hydrogen-bond donors (Lipinski definition) is 1. The van der Waals surface area contributed by atoms with Gasteiger partial charge in [-0.3, -0.25) is 4.90 Å². The van der Waals surface area contributed by atoms with Crippen LogP contribution in [0.5, 0.6) is 5.75 Å². The van der Waals surface area contributed by atoms with Gasteiger partial charge >= 0.3 is 12.0 Å². The number of carbonyl (C=O) groups is 2. The molecule has 3 aromatic rings. The van der Waals surface area contributed by atoms with Crippen molar-refractivity contribution in [1.29, 1.82) is 0 Å². The minimum atomic E-state index is -0.582.